The molecule has 0 radical (unpaired) electrons. The van der Waals surface area contributed by atoms with Crippen LogP contribution in [0.15, 0.2) is 24.3 Å². The van der Waals surface area contributed by atoms with Gasteiger partial charge in [0, 0.05) is 11.4 Å². The van der Waals surface area contributed by atoms with Gasteiger partial charge < -0.3 is 10.7 Å². The standard InChI is InChI=1S/C11H14N2O/c1-8-4-3-5-10(6-8)13-11(14)7-9(2)12/h3-6,12H,7H2,1-2H3,(H,13,14). The third-order valence-corrected chi connectivity index (χ3v) is 1.73. The third kappa shape index (κ3) is 3.39. The first-order valence-corrected chi connectivity index (χ1v) is 4.48. The molecule has 0 atom stereocenters. The number of benzene rings is 1. The van der Waals surface area contributed by atoms with Crippen LogP contribution >= 0.6 is 0 Å². The van der Waals surface area contributed by atoms with Crippen molar-refractivity contribution in [2.24, 2.45) is 0 Å². The molecule has 2 N–H and O–H groups in total. The molecular formula is C11H14N2O. The molecule has 0 bridgehead atoms. The lowest BCUT2D eigenvalue weighted by Gasteiger charge is -2.04. The van der Waals surface area contributed by atoms with Crippen molar-refractivity contribution < 1.29 is 4.79 Å². The predicted octanol–water partition coefficient (Wildman–Crippen LogP) is 2.36. The Morgan fingerprint density at radius 1 is 1.50 bits per heavy atom. The van der Waals surface area contributed by atoms with Crippen LogP contribution in [0, 0.1) is 12.3 Å². The van der Waals surface area contributed by atoms with Crippen molar-refractivity contribution in [1.82, 2.24) is 0 Å². The van der Waals surface area contributed by atoms with Crippen LogP contribution in [0.2, 0.25) is 0 Å². The van der Waals surface area contributed by atoms with Gasteiger partial charge in [-0.3, -0.25) is 4.79 Å². The highest BCUT2D eigenvalue weighted by Gasteiger charge is 2.02. The molecule has 0 fully saturated rings. The van der Waals surface area contributed by atoms with Crippen LogP contribution in [0.1, 0.15) is 18.9 Å². The first kappa shape index (κ1) is 10.4. The van der Waals surface area contributed by atoms with Gasteiger partial charge in [0.1, 0.15) is 0 Å². The van der Waals surface area contributed by atoms with Gasteiger partial charge in [-0.2, -0.15) is 0 Å². The summed E-state index contributed by atoms with van der Waals surface area (Å²) in [6.45, 7) is 3.59. The summed E-state index contributed by atoms with van der Waals surface area (Å²) >= 11 is 0. The number of anilines is 1. The van der Waals surface area contributed by atoms with Crippen molar-refractivity contribution in [2.45, 2.75) is 20.3 Å². The SMILES string of the molecule is CC(=N)CC(=O)Nc1cccc(C)c1. The lowest BCUT2D eigenvalue weighted by molar-refractivity contribution is -0.115. The molecule has 3 heteroatoms. The summed E-state index contributed by atoms with van der Waals surface area (Å²) in [4.78, 5) is 11.3. The normalized spacial score (nSPS) is 9.57. The summed E-state index contributed by atoms with van der Waals surface area (Å²) < 4.78 is 0. The Morgan fingerprint density at radius 3 is 2.79 bits per heavy atom. The highest BCUT2D eigenvalue weighted by atomic mass is 16.1. The molecule has 0 heterocycles. The van der Waals surface area contributed by atoms with Crippen molar-refractivity contribution in [2.75, 3.05) is 5.32 Å². The topological polar surface area (TPSA) is 53.0 Å². The van der Waals surface area contributed by atoms with E-state index in [9.17, 15) is 4.79 Å². The molecule has 0 aliphatic rings. The van der Waals surface area contributed by atoms with E-state index in [1.165, 1.54) is 0 Å². The smallest absolute Gasteiger partial charge is 0.230 e. The molecule has 0 spiro atoms. The maximum Gasteiger partial charge on any atom is 0.230 e. The van der Waals surface area contributed by atoms with E-state index in [4.69, 9.17) is 5.41 Å². The van der Waals surface area contributed by atoms with Gasteiger partial charge in [0.25, 0.3) is 0 Å². The number of carbonyl (C=O) groups excluding carboxylic acids is 1. The minimum Gasteiger partial charge on any atom is -0.326 e. The van der Waals surface area contributed by atoms with E-state index in [2.05, 4.69) is 5.32 Å². The lowest BCUT2D eigenvalue weighted by atomic mass is 10.2. The second-order valence-electron chi connectivity index (χ2n) is 3.37. The van der Waals surface area contributed by atoms with Gasteiger partial charge in [-0.15, -0.1) is 0 Å². The highest BCUT2D eigenvalue weighted by Crippen LogP contribution is 2.09. The number of hydrogen-bond acceptors (Lipinski definition) is 2. The van der Waals surface area contributed by atoms with Crippen LogP contribution in [0.3, 0.4) is 0 Å². The van der Waals surface area contributed by atoms with Crippen LogP contribution < -0.4 is 5.32 Å². The molecule has 3 nitrogen and oxygen atoms in total. The minimum atomic E-state index is -0.136. The Hall–Kier alpha value is -1.64. The number of aryl methyl sites for hydroxylation is 1. The zero-order chi connectivity index (χ0) is 10.6. The Bertz CT molecular complexity index is 358. The fourth-order valence-electron chi connectivity index (χ4n) is 1.17. The van der Waals surface area contributed by atoms with Crippen LogP contribution in [-0.4, -0.2) is 11.6 Å². The summed E-state index contributed by atoms with van der Waals surface area (Å²) in [5.41, 5.74) is 2.26. The Balaban J connectivity index is 2.60. The monoisotopic (exact) mass is 190 g/mol. The van der Waals surface area contributed by atoms with E-state index >= 15 is 0 Å². The maximum absolute atomic E-state index is 11.3. The van der Waals surface area contributed by atoms with E-state index in [1.807, 2.05) is 31.2 Å². The van der Waals surface area contributed by atoms with Gasteiger partial charge in [-0.05, 0) is 31.5 Å². The Labute approximate surface area is 83.7 Å². The molecule has 74 valence electrons. The van der Waals surface area contributed by atoms with E-state index in [1.54, 1.807) is 6.92 Å². The molecule has 1 aromatic carbocycles. The van der Waals surface area contributed by atoms with Gasteiger partial charge in [0.2, 0.25) is 5.91 Å². The summed E-state index contributed by atoms with van der Waals surface area (Å²) in [5.74, 6) is -0.136. The number of amides is 1. The summed E-state index contributed by atoms with van der Waals surface area (Å²) in [7, 11) is 0. The van der Waals surface area contributed by atoms with Crippen molar-refractivity contribution in [3.8, 4) is 0 Å². The predicted molar refractivity (Wildman–Crippen MR) is 57.8 cm³/mol. The molecule has 0 saturated carbocycles. The second-order valence-corrected chi connectivity index (χ2v) is 3.37. The molecule has 0 saturated heterocycles. The van der Waals surface area contributed by atoms with Crippen LogP contribution in [0.25, 0.3) is 0 Å². The molecule has 1 aromatic rings. The maximum atomic E-state index is 11.3. The fourth-order valence-corrected chi connectivity index (χ4v) is 1.17. The van der Waals surface area contributed by atoms with Crippen molar-refractivity contribution >= 4 is 17.3 Å². The largest absolute Gasteiger partial charge is 0.326 e. The highest BCUT2D eigenvalue weighted by molar-refractivity contribution is 6.04. The first-order chi connectivity index (χ1) is 6.58. The van der Waals surface area contributed by atoms with Crippen molar-refractivity contribution in [3.63, 3.8) is 0 Å². The fraction of sp³-hybridized carbons (Fsp3) is 0.273. The average Bonchev–Trinajstić information content (AvgIpc) is 2.01. The quantitative estimate of drug-likeness (QED) is 0.706. The number of nitrogens with one attached hydrogen (secondary N) is 2. The zero-order valence-corrected chi connectivity index (χ0v) is 8.42. The van der Waals surface area contributed by atoms with Gasteiger partial charge >= 0.3 is 0 Å². The van der Waals surface area contributed by atoms with Crippen LogP contribution in [-0.2, 0) is 4.79 Å². The molecular weight excluding hydrogens is 176 g/mol. The van der Waals surface area contributed by atoms with Crippen LogP contribution in [0.5, 0.6) is 0 Å². The zero-order valence-electron chi connectivity index (χ0n) is 8.42. The van der Waals surface area contributed by atoms with Gasteiger partial charge in [-0.25, -0.2) is 0 Å². The Morgan fingerprint density at radius 2 is 2.21 bits per heavy atom. The van der Waals surface area contributed by atoms with Crippen LogP contribution in [0.4, 0.5) is 5.69 Å². The molecule has 0 unspecified atom stereocenters. The van der Waals surface area contributed by atoms with E-state index < -0.39 is 0 Å². The summed E-state index contributed by atoms with van der Waals surface area (Å²) in [6, 6.07) is 7.60. The van der Waals surface area contributed by atoms with Gasteiger partial charge in [0.05, 0.1) is 6.42 Å². The van der Waals surface area contributed by atoms with Crippen molar-refractivity contribution in [3.05, 3.63) is 29.8 Å². The van der Waals surface area contributed by atoms with Crippen molar-refractivity contribution in [1.29, 1.82) is 5.41 Å². The van der Waals surface area contributed by atoms with Gasteiger partial charge in [0.15, 0.2) is 0 Å². The minimum absolute atomic E-state index is 0.136. The molecule has 0 aliphatic carbocycles. The number of rotatable bonds is 3. The first-order valence-electron chi connectivity index (χ1n) is 4.48. The molecule has 1 rings (SSSR count). The molecule has 0 aliphatic heterocycles. The number of carbonyl (C=O) groups is 1. The summed E-state index contributed by atoms with van der Waals surface area (Å²) in [5, 5.41) is 9.91. The van der Waals surface area contributed by atoms with Gasteiger partial charge in [-0.1, -0.05) is 12.1 Å². The van der Waals surface area contributed by atoms with E-state index in [-0.39, 0.29) is 12.3 Å². The number of hydrogen-bond donors (Lipinski definition) is 2. The Kier molecular flexibility index (Phi) is 3.40. The van der Waals surface area contributed by atoms with E-state index in [0.29, 0.717) is 5.71 Å². The average molecular weight is 190 g/mol. The lowest BCUT2D eigenvalue weighted by Crippen LogP contribution is -2.14. The molecule has 14 heavy (non-hydrogen) atoms. The third-order valence-electron chi connectivity index (χ3n) is 1.73. The second kappa shape index (κ2) is 4.56. The molecule has 1 amide bonds. The van der Waals surface area contributed by atoms with E-state index in [0.717, 1.165) is 11.3 Å². The summed E-state index contributed by atoms with van der Waals surface area (Å²) in [6.07, 6.45) is 0.161. The molecule has 0 aromatic heterocycles.